The lowest BCUT2D eigenvalue weighted by Crippen LogP contribution is -2.31. The second kappa shape index (κ2) is 8.44. The number of ether oxygens (including phenoxy) is 1. The van der Waals surface area contributed by atoms with Gasteiger partial charge in [0.25, 0.3) is 0 Å². The highest BCUT2D eigenvalue weighted by Gasteiger charge is 2.39. The van der Waals surface area contributed by atoms with Crippen molar-refractivity contribution in [2.45, 2.75) is 37.5 Å². The van der Waals surface area contributed by atoms with Crippen LogP contribution in [-0.2, 0) is 16.0 Å². The zero-order chi connectivity index (χ0) is 21.1. The number of nitrogens with one attached hydrogen (secondary N) is 1. The van der Waals surface area contributed by atoms with Gasteiger partial charge in [0.05, 0.1) is 12.0 Å². The van der Waals surface area contributed by atoms with Crippen LogP contribution in [-0.4, -0.2) is 37.8 Å². The summed E-state index contributed by atoms with van der Waals surface area (Å²) in [6.45, 7) is -0.252. The van der Waals surface area contributed by atoms with Crippen molar-refractivity contribution in [3.63, 3.8) is 0 Å². The quantitative estimate of drug-likeness (QED) is 0.468. The summed E-state index contributed by atoms with van der Waals surface area (Å²) in [6.07, 6.45) is 9.05. The van der Waals surface area contributed by atoms with Gasteiger partial charge < -0.3 is 19.7 Å². The second-order valence-corrected chi connectivity index (χ2v) is 7.58. The van der Waals surface area contributed by atoms with Crippen LogP contribution in [0.3, 0.4) is 0 Å². The van der Waals surface area contributed by atoms with Crippen molar-refractivity contribution in [1.82, 2.24) is 14.5 Å². The molecule has 1 aliphatic rings. The Morgan fingerprint density at radius 3 is 2.87 bits per heavy atom. The summed E-state index contributed by atoms with van der Waals surface area (Å²) < 4.78 is 7.74. The van der Waals surface area contributed by atoms with Gasteiger partial charge in [-0.15, -0.1) is 6.42 Å². The van der Waals surface area contributed by atoms with Gasteiger partial charge in [-0.1, -0.05) is 36.3 Å². The monoisotopic (exact) mass is 424 g/mol. The molecule has 8 heteroatoms. The van der Waals surface area contributed by atoms with Crippen LogP contribution < -0.4 is 5.32 Å². The number of aromatic nitrogens is 3. The van der Waals surface area contributed by atoms with Crippen molar-refractivity contribution in [2.24, 2.45) is 0 Å². The Hall–Kier alpha value is -2.92. The molecular weight excluding hydrogens is 404 g/mol. The van der Waals surface area contributed by atoms with E-state index in [1.54, 1.807) is 16.8 Å². The molecule has 30 heavy (non-hydrogen) atoms. The number of fused-ring (bicyclic) bond motifs is 1. The van der Waals surface area contributed by atoms with Gasteiger partial charge in [0.15, 0.2) is 5.60 Å². The van der Waals surface area contributed by atoms with Gasteiger partial charge in [0.2, 0.25) is 11.2 Å². The molecule has 1 saturated heterocycles. The zero-order valence-electron chi connectivity index (χ0n) is 16.2. The number of benzene rings is 1. The Morgan fingerprint density at radius 2 is 2.17 bits per heavy atom. The van der Waals surface area contributed by atoms with Crippen LogP contribution in [0.15, 0.2) is 42.6 Å². The van der Waals surface area contributed by atoms with Crippen molar-refractivity contribution in [3.8, 4) is 12.3 Å². The molecule has 3 heterocycles. The summed E-state index contributed by atoms with van der Waals surface area (Å²) in [5.41, 5.74) is 0.625. The molecule has 0 spiro atoms. The smallest absolute Gasteiger partial charge is 0.226 e. The summed E-state index contributed by atoms with van der Waals surface area (Å²) in [6, 6.07) is 11.6. The number of amides is 1. The number of hydrogen-bond acceptors (Lipinski definition) is 5. The third-order valence-corrected chi connectivity index (χ3v) is 5.44. The zero-order valence-corrected chi connectivity index (χ0v) is 17.0. The Morgan fingerprint density at radius 1 is 1.37 bits per heavy atom. The number of terminal acetylenes is 1. The van der Waals surface area contributed by atoms with Crippen LogP contribution in [0, 0.1) is 12.3 Å². The average Bonchev–Trinajstić information content (AvgIpc) is 3.37. The van der Waals surface area contributed by atoms with E-state index >= 15 is 0 Å². The predicted molar refractivity (Wildman–Crippen MR) is 114 cm³/mol. The predicted octanol–water partition coefficient (Wildman–Crippen LogP) is 3.33. The van der Waals surface area contributed by atoms with E-state index < -0.39 is 11.8 Å². The van der Waals surface area contributed by atoms with Crippen LogP contribution in [0.4, 0.5) is 5.82 Å². The van der Waals surface area contributed by atoms with Crippen molar-refractivity contribution in [2.75, 3.05) is 11.9 Å². The van der Waals surface area contributed by atoms with Gasteiger partial charge in [-0.2, -0.15) is 9.97 Å². The standard InChI is InChI=1S/C22H21ClN4O3/c1-2-22(14-28)12-10-18(30-22)27-13-11-16-19(25-21(23)26-20(16)27)24-17(29)9-8-15-6-4-3-5-7-15/h1,3-7,11,13,18,28H,8-10,12,14H2,(H,24,25,26,29)/t18?,22-/m0/s1. The highest BCUT2D eigenvalue weighted by atomic mass is 35.5. The van der Waals surface area contributed by atoms with Gasteiger partial charge in [0, 0.05) is 12.6 Å². The Labute approximate surface area is 179 Å². The number of anilines is 1. The maximum atomic E-state index is 12.5. The fourth-order valence-corrected chi connectivity index (χ4v) is 3.79. The number of hydrogen-bond donors (Lipinski definition) is 2. The minimum absolute atomic E-state index is 0.0178. The molecule has 0 saturated carbocycles. The van der Waals surface area contributed by atoms with Gasteiger partial charge in [-0.05, 0) is 42.5 Å². The minimum Gasteiger partial charge on any atom is -0.392 e. The molecule has 1 aliphatic heterocycles. The van der Waals surface area contributed by atoms with Crippen molar-refractivity contribution < 1.29 is 14.6 Å². The molecule has 0 radical (unpaired) electrons. The lowest BCUT2D eigenvalue weighted by atomic mass is 10.0. The Kier molecular flexibility index (Phi) is 5.73. The molecule has 1 fully saturated rings. The number of carbonyl (C=O) groups is 1. The molecule has 0 aliphatic carbocycles. The molecule has 1 aromatic carbocycles. The highest BCUT2D eigenvalue weighted by Crippen LogP contribution is 2.38. The van der Waals surface area contributed by atoms with Crippen LogP contribution >= 0.6 is 11.6 Å². The minimum atomic E-state index is -0.993. The van der Waals surface area contributed by atoms with Crippen LogP contribution in [0.25, 0.3) is 11.0 Å². The van der Waals surface area contributed by atoms with E-state index in [4.69, 9.17) is 22.8 Å². The normalized spacial score (nSPS) is 20.9. The van der Waals surface area contributed by atoms with Gasteiger partial charge in [-0.25, -0.2) is 0 Å². The number of nitrogens with zero attached hydrogens (tertiary/aromatic N) is 3. The number of rotatable bonds is 6. The van der Waals surface area contributed by atoms with E-state index in [0.717, 1.165) is 5.56 Å². The molecule has 2 atom stereocenters. The van der Waals surface area contributed by atoms with Gasteiger partial charge in [-0.3, -0.25) is 4.79 Å². The summed E-state index contributed by atoms with van der Waals surface area (Å²) >= 11 is 6.13. The Balaban J connectivity index is 1.54. The first kappa shape index (κ1) is 20.4. The highest BCUT2D eigenvalue weighted by molar-refractivity contribution is 6.28. The second-order valence-electron chi connectivity index (χ2n) is 7.24. The molecule has 4 rings (SSSR count). The van der Waals surface area contributed by atoms with Crippen LogP contribution in [0.2, 0.25) is 5.28 Å². The summed E-state index contributed by atoms with van der Waals surface area (Å²) in [5, 5.41) is 13.1. The number of carbonyl (C=O) groups excluding carboxylic acids is 1. The van der Waals surface area contributed by atoms with Gasteiger partial charge >= 0.3 is 0 Å². The molecule has 2 aromatic heterocycles. The molecule has 2 N–H and O–H groups in total. The third-order valence-electron chi connectivity index (χ3n) is 5.27. The molecular formula is C22H21ClN4O3. The summed E-state index contributed by atoms with van der Waals surface area (Å²) in [7, 11) is 0. The maximum Gasteiger partial charge on any atom is 0.226 e. The molecule has 0 bridgehead atoms. The van der Waals surface area contributed by atoms with Crippen molar-refractivity contribution in [3.05, 3.63) is 53.4 Å². The summed E-state index contributed by atoms with van der Waals surface area (Å²) in [5.74, 6) is 2.73. The molecule has 1 unspecified atom stereocenters. The van der Waals surface area contributed by atoms with E-state index in [0.29, 0.717) is 42.5 Å². The van der Waals surface area contributed by atoms with E-state index in [2.05, 4.69) is 21.2 Å². The van der Waals surface area contributed by atoms with Crippen LogP contribution in [0.5, 0.6) is 0 Å². The molecule has 3 aromatic rings. The lowest BCUT2D eigenvalue weighted by molar-refractivity contribution is -0.116. The van der Waals surface area contributed by atoms with Crippen molar-refractivity contribution >= 4 is 34.4 Å². The SMILES string of the molecule is C#C[C@@]1(CO)CCC(n2ccc3c(NC(=O)CCc4ccccc4)nc(Cl)nc32)O1. The van der Waals surface area contributed by atoms with E-state index in [9.17, 15) is 9.90 Å². The molecule has 1 amide bonds. The first-order chi connectivity index (χ1) is 14.5. The van der Waals surface area contributed by atoms with E-state index in [-0.39, 0.29) is 17.8 Å². The fourth-order valence-electron chi connectivity index (χ4n) is 3.63. The number of aliphatic hydroxyl groups excluding tert-OH is 1. The first-order valence-electron chi connectivity index (χ1n) is 9.68. The lowest BCUT2D eigenvalue weighted by Gasteiger charge is -2.21. The van der Waals surface area contributed by atoms with Crippen molar-refractivity contribution in [1.29, 1.82) is 0 Å². The third kappa shape index (κ3) is 4.03. The van der Waals surface area contributed by atoms with Gasteiger partial charge in [0.1, 0.15) is 17.7 Å². The molecule has 7 nitrogen and oxygen atoms in total. The number of halogens is 1. The Bertz CT molecular complexity index is 1110. The fraction of sp³-hybridized carbons (Fsp3) is 0.318. The van der Waals surface area contributed by atoms with E-state index in [1.807, 2.05) is 30.3 Å². The average molecular weight is 425 g/mol. The topological polar surface area (TPSA) is 89.3 Å². The molecule has 154 valence electrons. The summed E-state index contributed by atoms with van der Waals surface area (Å²) in [4.78, 5) is 21.0. The largest absolute Gasteiger partial charge is 0.392 e. The van der Waals surface area contributed by atoms with Crippen LogP contribution in [0.1, 0.15) is 31.1 Å². The number of aryl methyl sites for hydroxylation is 1. The number of aliphatic hydroxyl groups is 1. The maximum absolute atomic E-state index is 12.5. The van der Waals surface area contributed by atoms with E-state index in [1.165, 1.54) is 0 Å². The first-order valence-corrected chi connectivity index (χ1v) is 10.1.